The summed E-state index contributed by atoms with van der Waals surface area (Å²) < 4.78 is 0. The van der Waals surface area contributed by atoms with Gasteiger partial charge in [-0.05, 0) is 53.7 Å². The van der Waals surface area contributed by atoms with E-state index in [-0.39, 0.29) is 5.91 Å². The standard InChI is InChI=1S/C16H26N2O/c1-7-18(13-10-8-12(2)9-11-13)14(19)15(3,4)16(5,6)17/h8-11H,7,17H2,1-6H3. The minimum Gasteiger partial charge on any atom is -0.325 e. The number of rotatable bonds is 4. The minimum absolute atomic E-state index is 0.0614. The fraction of sp³-hybridized carbons (Fsp3) is 0.562. The largest absolute Gasteiger partial charge is 0.325 e. The predicted molar refractivity (Wildman–Crippen MR) is 81.3 cm³/mol. The smallest absolute Gasteiger partial charge is 0.234 e. The van der Waals surface area contributed by atoms with E-state index >= 15 is 0 Å². The molecule has 0 spiro atoms. The zero-order valence-corrected chi connectivity index (χ0v) is 12.9. The molecule has 1 aromatic carbocycles. The highest BCUT2D eigenvalue weighted by atomic mass is 16.2. The Labute approximate surface area is 116 Å². The number of benzene rings is 1. The normalized spacial score (nSPS) is 12.4. The Morgan fingerprint density at radius 2 is 1.63 bits per heavy atom. The van der Waals surface area contributed by atoms with Gasteiger partial charge >= 0.3 is 0 Å². The second kappa shape index (κ2) is 5.33. The highest BCUT2D eigenvalue weighted by Gasteiger charge is 2.42. The van der Waals surface area contributed by atoms with Crippen LogP contribution in [-0.4, -0.2) is 18.0 Å². The summed E-state index contributed by atoms with van der Waals surface area (Å²) >= 11 is 0. The molecule has 0 bridgehead atoms. The summed E-state index contributed by atoms with van der Waals surface area (Å²) in [7, 11) is 0. The lowest BCUT2D eigenvalue weighted by atomic mass is 9.74. The van der Waals surface area contributed by atoms with Crippen LogP contribution >= 0.6 is 0 Å². The van der Waals surface area contributed by atoms with Crippen LogP contribution in [0.5, 0.6) is 0 Å². The van der Waals surface area contributed by atoms with Gasteiger partial charge in [-0.1, -0.05) is 17.7 Å². The van der Waals surface area contributed by atoms with Crippen LogP contribution in [0.2, 0.25) is 0 Å². The van der Waals surface area contributed by atoms with E-state index in [0.717, 1.165) is 5.69 Å². The molecular weight excluding hydrogens is 236 g/mol. The van der Waals surface area contributed by atoms with E-state index < -0.39 is 11.0 Å². The third kappa shape index (κ3) is 3.16. The summed E-state index contributed by atoms with van der Waals surface area (Å²) in [5.41, 5.74) is 7.09. The van der Waals surface area contributed by atoms with Gasteiger partial charge in [0.15, 0.2) is 0 Å². The Kier molecular flexibility index (Phi) is 4.41. The fourth-order valence-corrected chi connectivity index (χ4v) is 1.78. The van der Waals surface area contributed by atoms with E-state index in [1.807, 2.05) is 65.8 Å². The van der Waals surface area contributed by atoms with E-state index in [2.05, 4.69) is 0 Å². The highest BCUT2D eigenvalue weighted by Crippen LogP contribution is 2.32. The van der Waals surface area contributed by atoms with Gasteiger partial charge in [0.1, 0.15) is 0 Å². The van der Waals surface area contributed by atoms with Gasteiger partial charge in [-0.3, -0.25) is 4.79 Å². The van der Waals surface area contributed by atoms with E-state index in [1.54, 1.807) is 4.90 Å². The minimum atomic E-state index is -0.617. The molecule has 0 unspecified atom stereocenters. The first-order valence-corrected chi connectivity index (χ1v) is 6.78. The van der Waals surface area contributed by atoms with Crippen molar-refractivity contribution in [2.75, 3.05) is 11.4 Å². The number of carbonyl (C=O) groups is 1. The molecule has 0 aliphatic rings. The molecule has 0 atom stereocenters. The van der Waals surface area contributed by atoms with Crippen LogP contribution < -0.4 is 10.6 Å². The van der Waals surface area contributed by atoms with Crippen molar-refractivity contribution in [2.45, 2.75) is 47.1 Å². The number of amides is 1. The van der Waals surface area contributed by atoms with Gasteiger partial charge in [0.25, 0.3) is 0 Å². The van der Waals surface area contributed by atoms with Gasteiger partial charge < -0.3 is 10.6 Å². The van der Waals surface area contributed by atoms with Crippen molar-refractivity contribution in [3.8, 4) is 0 Å². The van der Waals surface area contributed by atoms with Crippen LogP contribution in [0.1, 0.15) is 40.2 Å². The number of anilines is 1. The maximum Gasteiger partial charge on any atom is 0.234 e. The Bertz CT molecular complexity index is 441. The molecule has 1 amide bonds. The van der Waals surface area contributed by atoms with Crippen molar-refractivity contribution in [2.24, 2.45) is 11.1 Å². The highest BCUT2D eigenvalue weighted by molar-refractivity contribution is 5.98. The number of hydrogen-bond acceptors (Lipinski definition) is 2. The Balaban J connectivity index is 3.11. The average Bonchev–Trinajstić information content (AvgIpc) is 2.30. The third-order valence-electron chi connectivity index (χ3n) is 4.05. The van der Waals surface area contributed by atoms with E-state index in [4.69, 9.17) is 5.73 Å². The molecule has 0 saturated heterocycles. The van der Waals surface area contributed by atoms with Crippen molar-refractivity contribution in [1.29, 1.82) is 0 Å². The summed E-state index contributed by atoms with van der Waals surface area (Å²) in [4.78, 5) is 14.6. The van der Waals surface area contributed by atoms with Gasteiger partial charge in [0, 0.05) is 17.8 Å². The lowest BCUT2D eigenvalue weighted by Crippen LogP contribution is -2.56. The molecule has 0 fully saturated rings. The summed E-state index contributed by atoms with van der Waals surface area (Å²) in [5, 5.41) is 0. The van der Waals surface area contributed by atoms with Crippen molar-refractivity contribution in [3.63, 3.8) is 0 Å². The van der Waals surface area contributed by atoms with Crippen molar-refractivity contribution >= 4 is 11.6 Å². The summed E-state index contributed by atoms with van der Waals surface area (Å²) in [6.07, 6.45) is 0. The predicted octanol–water partition coefficient (Wildman–Crippen LogP) is 3.11. The average molecular weight is 262 g/mol. The second-order valence-corrected chi connectivity index (χ2v) is 6.23. The molecule has 0 saturated carbocycles. The zero-order valence-electron chi connectivity index (χ0n) is 12.9. The molecule has 19 heavy (non-hydrogen) atoms. The first-order chi connectivity index (χ1) is 8.61. The molecule has 1 aromatic rings. The molecule has 0 heterocycles. The SMILES string of the molecule is CCN(C(=O)C(C)(C)C(C)(C)N)c1ccc(C)cc1. The van der Waals surface area contributed by atoms with Gasteiger partial charge in [0.2, 0.25) is 5.91 Å². The van der Waals surface area contributed by atoms with Crippen LogP contribution in [0.25, 0.3) is 0 Å². The Morgan fingerprint density at radius 3 is 2.00 bits per heavy atom. The lowest BCUT2D eigenvalue weighted by Gasteiger charge is -2.40. The molecule has 0 aliphatic carbocycles. The van der Waals surface area contributed by atoms with Gasteiger partial charge in [0.05, 0.1) is 5.41 Å². The molecule has 106 valence electrons. The van der Waals surface area contributed by atoms with Crippen molar-refractivity contribution in [1.82, 2.24) is 0 Å². The molecule has 3 nitrogen and oxygen atoms in total. The topological polar surface area (TPSA) is 46.3 Å². The van der Waals surface area contributed by atoms with Gasteiger partial charge in [-0.2, -0.15) is 0 Å². The van der Waals surface area contributed by atoms with Crippen LogP contribution in [-0.2, 0) is 4.79 Å². The number of aryl methyl sites for hydroxylation is 1. The molecule has 0 aliphatic heterocycles. The number of hydrogen-bond donors (Lipinski definition) is 1. The number of nitrogens with two attached hydrogens (primary N) is 1. The monoisotopic (exact) mass is 262 g/mol. The number of carbonyl (C=O) groups excluding carboxylic acids is 1. The second-order valence-electron chi connectivity index (χ2n) is 6.23. The molecule has 3 heteroatoms. The summed E-state index contributed by atoms with van der Waals surface area (Å²) in [5.74, 6) is 0.0614. The molecule has 0 radical (unpaired) electrons. The fourth-order valence-electron chi connectivity index (χ4n) is 1.78. The maximum atomic E-state index is 12.8. The van der Waals surface area contributed by atoms with Crippen LogP contribution in [0.15, 0.2) is 24.3 Å². The first-order valence-electron chi connectivity index (χ1n) is 6.78. The summed E-state index contributed by atoms with van der Waals surface area (Å²) in [6, 6.07) is 8.00. The molecule has 1 rings (SSSR count). The van der Waals surface area contributed by atoms with Crippen LogP contribution in [0, 0.1) is 12.3 Å². The summed E-state index contributed by atoms with van der Waals surface area (Å²) in [6.45, 7) is 12.3. The zero-order chi connectivity index (χ0) is 14.8. The Morgan fingerprint density at radius 1 is 1.16 bits per heavy atom. The maximum absolute atomic E-state index is 12.8. The van der Waals surface area contributed by atoms with Crippen LogP contribution in [0.4, 0.5) is 5.69 Å². The molecule has 2 N–H and O–H groups in total. The van der Waals surface area contributed by atoms with E-state index in [9.17, 15) is 4.79 Å². The molecule has 0 aromatic heterocycles. The number of nitrogens with zero attached hydrogens (tertiary/aromatic N) is 1. The van der Waals surface area contributed by atoms with E-state index in [0.29, 0.717) is 6.54 Å². The first kappa shape index (κ1) is 15.7. The van der Waals surface area contributed by atoms with Crippen LogP contribution in [0.3, 0.4) is 0 Å². The van der Waals surface area contributed by atoms with Crippen molar-refractivity contribution < 1.29 is 4.79 Å². The van der Waals surface area contributed by atoms with Crippen molar-refractivity contribution in [3.05, 3.63) is 29.8 Å². The third-order valence-corrected chi connectivity index (χ3v) is 4.05. The lowest BCUT2D eigenvalue weighted by molar-refractivity contribution is -0.129. The van der Waals surface area contributed by atoms with E-state index in [1.165, 1.54) is 5.56 Å². The van der Waals surface area contributed by atoms with Gasteiger partial charge in [-0.15, -0.1) is 0 Å². The van der Waals surface area contributed by atoms with Gasteiger partial charge in [-0.25, -0.2) is 0 Å². The molecular formula is C16H26N2O. The Hall–Kier alpha value is -1.35. The quantitative estimate of drug-likeness (QED) is 0.906.